The lowest BCUT2D eigenvalue weighted by molar-refractivity contribution is -0.137. The summed E-state index contributed by atoms with van der Waals surface area (Å²) < 4.78 is 38.4. The van der Waals surface area contributed by atoms with Crippen LogP contribution in [-0.4, -0.2) is 23.4 Å². The molecule has 134 valence electrons. The number of hydrogen-bond acceptors (Lipinski definition) is 2. The second-order valence-corrected chi connectivity index (χ2v) is 6.26. The first kappa shape index (κ1) is 18.8. The van der Waals surface area contributed by atoms with Crippen LogP contribution >= 0.6 is 0 Å². The van der Waals surface area contributed by atoms with Gasteiger partial charge in [0.1, 0.15) is 0 Å². The predicted molar refractivity (Wildman–Crippen MR) is 87.2 cm³/mol. The van der Waals surface area contributed by atoms with Crippen LogP contribution in [0.2, 0.25) is 0 Å². The SMILES string of the molecule is CC.NC1CCC(C(=O)N2CCc3ccc(C(F)(F)F)cc3C2)C1. The lowest BCUT2D eigenvalue weighted by atomic mass is 9.95. The van der Waals surface area contributed by atoms with Gasteiger partial charge >= 0.3 is 6.18 Å². The molecular formula is C18H25F3N2O. The van der Waals surface area contributed by atoms with E-state index in [0.717, 1.165) is 24.5 Å². The molecule has 24 heavy (non-hydrogen) atoms. The number of carbonyl (C=O) groups excluding carboxylic acids is 1. The summed E-state index contributed by atoms with van der Waals surface area (Å²) >= 11 is 0. The molecule has 0 bridgehead atoms. The van der Waals surface area contributed by atoms with Crippen molar-refractivity contribution >= 4 is 5.91 Å². The van der Waals surface area contributed by atoms with Crippen molar-refractivity contribution < 1.29 is 18.0 Å². The number of nitrogens with two attached hydrogens (primary N) is 1. The Kier molecular flexibility index (Phi) is 5.91. The zero-order valence-corrected chi connectivity index (χ0v) is 14.2. The summed E-state index contributed by atoms with van der Waals surface area (Å²) in [5.41, 5.74) is 6.70. The number of benzene rings is 1. The fourth-order valence-electron chi connectivity index (χ4n) is 3.42. The largest absolute Gasteiger partial charge is 0.416 e. The average Bonchev–Trinajstić information content (AvgIpc) is 3.00. The van der Waals surface area contributed by atoms with Crippen LogP contribution in [0, 0.1) is 5.92 Å². The highest BCUT2D eigenvalue weighted by Gasteiger charge is 2.34. The third-order valence-electron chi connectivity index (χ3n) is 4.68. The van der Waals surface area contributed by atoms with Crippen molar-refractivity contribution in [3.63, 3.8) is 0 Å². The summed E-state index contributed by atoms with van der Waals surface area (Å²) in [5.74, 6) is -0.0293. The summed E-state index contributed by atoms with van der Waals surface area (Å²) in [6, 6.07) is 3.90. The Morgan fingerprint density at radius 3 is 2.50 bits per heavy atom. The molecule has 1 aromatic carbocycles. The van der Waals surface area contributed by atoms with Crippen molar-refractivity contribution in [1.29, 1.82) is 0 Å². The molecule has 2 aliphatic rings. The van der Waals surface area contributed by atoms with Crippen LogP contribution in [0.15, 0.2) is 18.2 Å². The summed E-state index contributed by atoms with van der Waals surface area (Å²) in [4.78, 5) is 14.2. The van der Waals surface area contributed by atoms with Crippen LogP contribution in [0.4, 0.5) is 13.2 Å². The molecule has 0 radical (unpaired) electrons. The van der Waals surface area contributed by atoms with E-state index in [1.807, 2.05) is 13.8 Å². The molecule has 1 heterocycles. The lowest BCUT2D eigenvalue weighted by Crippen LogP contribution is -2.39. The van der Waals surface area contributed by atoms with Crippen molar-refractivity contribution in [1.82, 2.24) is 4.90 Å². The number of carbonyl (C=O) groups is 1. The third kappa shape index (κ3) is 4.09. The second kappa shape index (κ2) is 7.55. The van der Waals surface area contributed by atoms with Gasteiger partial charge in [-0.05, 0) is 48.9 Å². The quantitative estimate of drug-likeness (QED) is 0.845. The Hall–Kier alpha value is -1.56. The topological polar surface area (TPSA) is 46.3 Å². The highest BCUT2D eigenvalue weighted by molar-refractivity contribution is 5.79. The molecule has 3 nitrogen and oxygen atoms in total. The van der Waals surface area contributed by atoms with Crippen LogP contribution in [-0.2, 0) is 23.9 Å². The molecule has 3 rings (SSSR count). The van der Waals surface area contributed by atoms with Crippen LogP contribution in [0.5, 0.6) is 0 Å². The van der Waals surface area contributed by atoms with Gasteiger partial charge in [-0.15, -0.1) is 0 Å². The zero-order valence-electron chi connectivity index (χ0n) is 14.2. The molecule has 2 N–H and O–H groups in total. The van der Waals surface area contributed by atoms with E-state index in [-0.39, 0.29) is 24.4 Å². The van der Waals surface area contributed by atoms with Gasteiger partial charge in [-0.2, -0.15) is 13.2 Å². The van der Waals surface area contributed by atoms with E-state index in [4.69, 9.17) is 5.73 Å². The summed E-state index contributed by atoms with van der Waals surface area (Å²) in [6.45, 7) is 4.84. The summed E-state index contributed by atoms with van der Waals surface area (Å²) in [6.07, 6.45) is -1.42. The number of fused-ring (bicyclic) bond motifs is 1. The number of alkyl halides is 3. The first-order valence-electron chi connectivity index (χ1n) is 8.58. The van der Waals surface area contributed by atoms with Gasteiger partial charge in [0.15, 0.2) is 0 Å². The van der Waals surface area contributed by atoms with Gasteiger partial charge in [0.05, 0.1) is 5.56 Å². The fourth-order valence-corrected chi connectivity index (χ4v) is 3.42. The Balaban J connectivity index is 0.00000100. The van der Waals surface area contributed by atoms with E-state index in [2.05, 4.69) is 0 Å². The van der Waals surface area contributed by atoms with Gasteiger partial charge in [0.2, 0.25) is 5.91 Å². The van der Waals surface area contributed by atoms with E-state index < -0.39 is 11.7 Å². The van der Waals surface area contributed by atoms with Crippen LogP contribution in [0.25, 0.3) is 0 Å². The molecule has 1 aliphatic carbocycles. The standard InChI is InChI=1S/C16H19F3N2O.C2H6/c17-16(18,19)13-3-1-10-5-6-21(9-12(10)7-13)15(22)11-2-4-14(20)8-11;1-2/h1,3,7,11,14H,2,4-6,8-9,20H2;1-2H3. The predicted octanol–water partition coefficient (Wildman–Crippen LogP) is 3.74. The van der Waals surface area contributed by atoms with Crippen LogP contribution in [0.3, 0.4) is 0 Å². The van der Waals surface area contributed by atoms with Crippen molar-refractivity contribution in [2.24, 2.45) is 11.7 Å². The van der Waals surface area contributed by atoms with E-state index in [9.17, 15) is 18.0 Å². The molecule has 2 atom stereocenters. The first-order valence-corrected chi connectivity index (χ1v) is 8.58. The van der Waals surface area contributed by atoms with Gasteiger partial charge < -0.3 is 10.6 Å². The second-order valence-electron chi connectivity index (χ2n) is 6.26. The number of amides is 1. The van der Waals surface area contributed by atoms with Crippen molar-refractivity contribution in [3.8, 4) is 0 Å². The molecule has 1 amide bonds. The Bertz CT molecular complexity index is 586. The smallest absolute Gasteiger partial charge is 0.338 e. The minimum Gasteiger partial charge on any atom is -0.338 e. The highest BCUT2D eigenvalue weighted by Crippen LogP contribution is 2.33. The maximum absolute atomic E-state index is 12.8. The molecule has 1 saturated carbocycles. The first-order chi connectivity index (χ1) is 11.3. The van der Waals surface area contributed by atoms with Crippen LogP contribution in [0.1, 0.15) is 49.8 Å². The van der Waals surface area contributed by atoms with E-state index >= 15 is 0 Å². The van der Waals surface area contributed by atoms with Gasteiger partial charge in [-0.25, -0.2) is 0 Å². The third-order valence-corrected chi connectivity index (χ3v) is 4.68. The molecule has 1 aromatic rings. The molecule has 2 unspecified atom stereocenters. The van der Waals surface area contributed by atoms with Gasteiger partial charge in [-0.1, -0.05) is 19.9 Å². The molecule has 1 fully saturated rings. The van der Waals surface area contributed by atoms with E-state index in [1.165, 1.54) is 12.1 Å². The Morgan fingerprint density at radius 2 is 1.92 bits per heavy atom. The van der Waals surface area contributed by atoms with Crippen LogP contribution < -0.4 is 5.73 Å². The molecule has 0 spiro atoms. The number of halogens is 3. The molecule has 0 aromatic heterocycles. The molecule has 6 heteroatoms. The number of nitrogens with zero attached hydrogens (tertiary/aromatic N) is 1. The van der Waals surface area contributed by atoms with Crippen molar-refractivity contribution in [2.45, 2.75) is 58.3 Å². The summed E-state index contributed by atoms with van der Waals surface area (Å²) in [7, 11) is 0. The van der Waals surface area contributed by atoms with Gasteiger partial charge in [-0.3, -0.25) is 4.79 Å². The average molecular weight is 342 g/mol. The van der Waals surface area contributed by atoms with Gasteiger partial charge in [0.25, 0.3) is 0 Å². The maximum Gasteiger partial charge on any atom is 0.416 e. The highest BCUT2D eigenvalue weighted by atomic mass is 19.4. The van der Waals surface area contributed by atoms with E-state index in [1.54, 1.807) is 4.90 Å². The molecule has 1 aliphatic heterocycles. The normalized spacial score (nSPS) is 23.3. The maximum atomic E-state index is 12.8. The zero-order chi connectivity index (χ0) is 17.9. The number of hydrogen-bond donors (Lipinski definition) is 1. The van der Waals surface area contributed by atoms with E-state index in [0.29, 0.717) is 24.9 Å². The summed E-state index contributed by atoms with van der Waals surface area (Å²) in [5, 5.41) is 0. The minimum atomic E-state index is -4.35. The monoisotopic (exact) mass is 342 g/mol. The molecular weight excluding hydrogens is 317 g/mol. The molecule has 0 saturated heterocycles. The lowest BCUT2D eigenvalue weighted by Gasteiger charge is -2.31. The Labute approximate surface area is 141 Å². The fraction of sp³-hybridized carbons (Fsp3) is 0.611. The van der Waals surface area contributed by atoms with Crippen molar-refractivity contribution in [3.05, 3.63) is 34.9 Å². The Morgan fingerprint density at radius 1 is 1.21 bits per heavy atom. The van der Waals surface area contributed by atoms with Gasteiger partial charge in [0, 0.05) is 25.0 Å². The van der Waals surface area contributed by atoms with Crippen molar-refractivity contribution in [2.75, 3.05) is 6.54 Å². The minimum absolute atomic E-state index is 0.0380. The number of rotatable bonds is 1.